The van der Waals surface area contributed by atoms with Crippen LogP contribution < -0.4 is 5.32 Å². The Kier molecular flexibility index (Phi) is 6.07. The van der Waals surface area contributed by atoms with Crippen LogP contribution in [0.2, 0.25) is 0 Å². The fourth-order valence-corrected chi connectivity index (χ4v) is 3.51. The number of hydrogen-bond acceptors (Lipinski definition) is 5. The Morgan fingerprint density at radius 2 is 1.76 bits per heavy atom. The quantitative estimate of drug-likeness (QED) is 0.624. The normalized spacial score (nSPS) is 11.4. The number of sulfone groups is 1. The van der Waals surface area contributed by atoms with Crippen molar-refractivity contribution in [3.8, 4) is 11.3 Å². The molecule has 6 nitrogen and oxygen atoms in total. The molecule has 9 heteroatoms. The van der Waals surface area contributed by atoms with Gasteiger partial charge in [0, 0.05) is 18.5 Å². The van der Waals surface area contributed by atoms with Crippen LogP contribution in [0.15, 0.2) is 58.0 Å². The van der Waals surface area contributed by atoms with Crippen molar-refractivity contribution in [2.75, 3.05) is 11.1 Å². The number of hydrogen-bond donors (Lipinski definition) is 1. The lowest BCUT2D eigenvalue weighted by atomic mass is 10.1. The lowest BCUT2D eigenvalue weighted by molar-refractivity contribution is -0.116. The average molecular weight is 420 g/mol. The topological polar surface area (TPSA) is 89.3 Å². The molecular weight excluding hydrogens is 402 g/mol. The van der Waals surface area contributed by atoms with Crippen molar-refractivity contribution in [1.29, 1.82) is 0 Å². The Morgan fingerprint density at radius 1 is 1.10 bits per heavy atom. The summed E-state index contributed by atoms with van der Waals surface area (Å²) in [6.07, 6.45) is 1.36. The van der Waals surface area contributed by atoms with E-state index in [1.165, 1.54) is 36.5 Å². The third-order valence-corrected chi connectivity index (χ3v) is 5.96. The molecule has 0 spiro atoms. The van der Waals surface area contributed by atoms with Crippen LogP contribution in [0.4, 0.5) is 14.5 Å². The van der Waals surface area contributed by atoms with Gasteiger partial charge in [-0.25, -0.2) is 22.2 Å². The first kappa shape index (κ1) is 20.7. The van der Waals surface area contributed by atoms with Crippen LogP contribution in [0, 0.1) is 11.6 Å². The van der Waals surface area contributed by atoms with E-state index >= 15 is 0 Å². The van der Waals surface area contributed by atoms with Gasteiger partial charge in [0.15, 0.2) is 21.5 Å². The van der Waals surface area contributed by atoms with Gasteiger partial charge in [-0.1, -0.05) is 13.0 Å². The molecule has 152 valence electrons. The number of anilines is 1. The molecule has 3 aromatic rings. The van der Waals surface area contributed by atoms with Crippen molar-refractivity contribution >= 4 is 21.4 Å². The molecule has 3 rings (SSSR count). The summed E-state index contributed by atoms with van der Waals surface area (Å²) in [5, 5.41) is 2.64. The summed E-state index contributed by atoms with van der Waals surface area (Å²) in [6, 6.07) is 9.35. The van der Waals surface area contributed by atoms with E-state index in [4.69, 9.17) is 4.42 Å². The van der Waals surface area contributed by atoms with Crippen LogP contribution >= 0.6 is 0 Å². The highest BCUT2D eigenvalue weighted by Crippen LogP contribution is 2.26. The predicted molar refractivity (Wildman–Crippen MR) is 103 cm³/mol. The molecule has 0 atom stereocenters. The fraction of sp³-hybridized carbons (Fsp3) is 0.200. The minimum Gasteiger partial charge on any atom is -0.441 e. The first-order valence-corrected chi connectivity index (χ1v) is 10.5. The highest BCUT2D eigenvalue weighted by Gasteiger charge is 2.16. The van der Waals surface area contributed by atoms with Crippen LogP contribution in [-0.4, -0.2) is 25.1 Å². The molecule has 0 saturated heterocycles. The number of aryl methyl sites for hydroxylation is 1. The van der Waals surface area contributed by atoms with Crippen molar-refractivity contribution in [2.24, 2.45) is 0 Å². The summed E-state index contributed by atoms with van der Waals surface area (Å²) in [4.78, 5) is 16.2. The van der Waals surface area contributed by atoms with E-state index in [0.717, 1.165) is 12.1 Å². The number of halogens is 2. The number of oxazole rings is 1. The van der Waals surface area contributed by atoms with E-state index in [9.17, 15) is 22.0 Å². The van der Waals surface area contributed by atoms with Gasteiger partial charge >= 0.3 is 0 Å². The number of carbonyl (C=O) groups excluding carboxylic acids is 1. The van der Waals surface area contributed by atoms with Crippen LogP contribution in [0.1, 0.15) is 19.2 Å². The monoisotopic (exact) mass is 420 g/mol. The van der Waals surface area contributed by atoms with Crippen LogP contribution in [0.25, 0.3) is 11.3 Å². The molecule has 0 bridgehead atoms. The number of carbonyl (C=O) groups is 1. The first-order chi connectivity index (χ1) is 13.8. The van der Waals surface area contributed by atoms with Crippen molar-refractivity contribution in [3.05, 3.63) is 66.2 Å². The van der Waals surface area contributed by atoms with E-state index < -0.39 is 21.5 Å². The zero-order valence-electron chi connectivity index (χ0n) is 15.5. The van der Waals surface area contributed by atoms with Gasteiger partial charge < -0.3 is 9.73 Å². The lowest BCUT2D eigenvalue weighted by Crippen LogP contribution is -2.12. The number of rotatable bonds is 7. The van der Waals surface area contributed by atoms with Gasteiger partial charge in [0.1, 0.15) is 11.6 Å². The summed E-state index contributed by atoms with van der Waals surface area (Å²) in [6.45, 7) is 1.56. The summed E-state index contributed by atoms with van der Waals surface area (Å²) in [5.74, 6) is -1.76. The number of aromatic nitrogens is 1. The third kappa shape index (κ3) is 4.86. The zero-order valence-corrected chi connectivity index (χ0v) is 16.3. The van der Waals surface area contributed by atoms with Gasteiger partial charge in [0.05, 0.1) is 22.4 Å². The second kappa shape index (κ2) is 8.52. The van der Waals surface area contributed by atoms with E-state index in [2.05, 4.69) is 10.3 Å². The summed E-state index contributed by atoms with van der Waals surface area (Å²) in [7, 11) is -3.30. The summed E-state index contributed by atoms with van der Waals surface area (Å²) >= 11 is 0. The second-order valence-corrected chi connectivity index (χ2v) is 8.47. The van der Waals surface area contributed by atoms with Gasteiger partial charge in [-0.3, -0.25) is 4.79 Å². The minimum atomic E-state index is -3.30. The molecule has 0 saturated carbocycles. The minimum absolute atomic E-state index is 0.00633. The van der Waals surface area contributed by atoms with Crippen LogP contribution in [0.3, 0.4) is 0 Å². The van der Waals surface area contributed by atoms with Gasteiger partial charge in [0.2, 0.25) is 5.91 Å². The standard InChI is InChI=1S/C20H18F2N2O4S/c1-2-29(26,27)14-8-6-13(7-9-14)24-18(25)10-11-19-23-12-17(28-19)20-15(21)4-3-5-16(20)22/h3-9,12H,2,10-11H2,1H3,(H,24,25). The maximum Gasteiger partial charge on any atom is 0.224 e. The third-order valence-electron chi connectivity index (χ3n) is 4.21. The Morgan fingerprint density at radius 3 is 2.38 bits per heavy atom. The number of nitrogens with zero attached hydrogens (tertiary/aromatic N) is 1. The highest BCUT2D eigenvalue weighted by atomic mass is 32.2. The SMILES string of the molecule is CCS(=O)(=O)c1ccc(NC(=O)CCc2ncc(-c3c(F)cccc3F)o2)cc1. The molecule has 1 heterocycles. The average Bonchev–Trinajstić information content (AvgIpc) is 3.15. The smallest absolute Gasteiger partial charge is 0.224 e. The maximum absolute atomic E-state index is 13.8. The van der Waals surface area contributed by atoms with Crippen molar-refractivity contribution < 1.29 is 26.4 Å². The molecule has 0 aliphatic rings. The fourth-order valence-electron chi connectivity index (χ4n) is 2.63. The van der Waals surface area contributed by atoms with Gasteiger partial charge in [-0.15, -0.1) is 0 Å². The zero-order chi connectivity index (χ0) is 21.0. The molecule has 29 heavy (non-hydrogen) atoms. The second-order valence-electron chi connectivity index (χ2n) is 6.19. The highest BCUT2D eigenvalue weighted by molar-refractivity contribution is 7.91. The molecule has 1 aromatic heterocycles. The molecule has 0 fully saturated rings. The maximum atomic E-state index is 13.8. The number of nitrogens with one attached hydrogen (secondary N) is 1. The Bertz CT molecular complexity index is 1110. The predicted octanol–water partition coefficient (Wildman–Crippen LogP) is 3.98. The molecule has 0 radical (unpaired) electrons. The molecule has 1 N–H and O–H groups in total. The van der Waals surface area contributed by atoms with Crippen molar-refractivity contribution in [3.63, 3.8) is 0 Å². The van der Waals surface area contributed by atoms with Gasteiger partial charge in [0.25, 0.3) is 0 Å². The lowest BCUT2D eigenvalue weighted by Gasteiger charge is -2.06. The molecular formula is C20H18F2N2O4S. The van der Waals surface area contributed by atoms with Gasteiger partial charge in [-0.2, -0.15) is 0 Å². The van der Waals surface area contributed by atoms with E-state index in [0.29, 0.717) is 5.69 Å². The van der Waals surface area contributed by atoms with E-state index in [1.54, 1.807) is 6.92 Å². The van der Waals surface area contributed by atoms with E-state index in [-0.39, 0.29) is 46.6 Å². The first-order valence-electron chi connectivity index (χ1n) is 8.82. The molecule has 0 unspecified atom stereocenters. The molecule has 0 aliphatic heterocycles. The number of benzene rings is 2. The van der Waals surface area contributed by atoms with Crippen molar-refractivity contribution in [1.82, 2.24) is 4.98 Å². The summed E-state index contributed by atoms with van der Waals surface area (Å²) < 4.78 is 56.5. The van der Waals surface area contributed by atoms with Crippen LogP contribution in [-0.2, 0) is 21.1 Å². The van der Waals surface area contributed by atoms with Gasteiger partial charge in [-0.05, 0) is 36.4 Å². The molecule has 0 aliphatic carbocycles. The molecule has 1 amide bonds. The molecule has 2 aromatic carbocycles. The Labute approximate surface area is 166 Å². The van der Waals surface area contributed by atoms with Crippen molar-refractivity contribution in [2.45, 2.75) is 24.7 Å². The van der Waals surface area contributed by atoms with Crippen LogP contribution in [0.5, 0.6) is 0 Å². The Balaban J connectivity index is 1.60. The summed E-state index contributed by atoms with van der Waals surface area (Å²) in [5.41, 5.74) is 0.143. The number of amides is 1. The Hall–Kier alpha value is -3.07. The van der Waals surface area contributed by atoms with E-state index in [1.807, 2.05) is 0 Å². The largest absolute Gasteiger partial charge is 0.441 e.